The van der Waals surface area contributed by atoms with Crippen molar-refractivity contribution in [1.29, 1.82) is 5.26 Å². The molecule has 0 radical (unpaired) electrons. The van der Waals surface area contributed by atoms with Crippen molar-refractivity contribution < 1.29 is 4.74 Å². The van der Waals surface area contributed by atoms with Crippen LogP contribution in [0.4, 0.5) is 5.69 Å². The van der Waals surface area contributed by atoms with Crippen molar-refractivity contribution in [2.45, 2.75) is 20.0 Å². The predicted molar refractivity (Wildman–Crippen MR) is 63.5 cm³/mol. The highest BCUT2D eigenvalue weighted by Crippen LogP contribution is 2.21. The van der Waals surface area contributed by atoms with E-state index in [1.165, 1.54) is 5.69 Å². The van der Waals surface area contributed by atoms with Crippen LogP contribution in [0.1, 0.15) is 18.1 Å². The third kappa shape index (κ3) is 2.17. The smallest absolute Gasteiger partial charge is 0.0994 e. The second kappa shape index (κ2) is 4.54. The summed E-state index contributed by atoms with van der Waals surface area (Å²) < 4.78 is 5.51. The number of benzene rings is 1. The van der Waals surface area contributed by atoms with Gasteiger partial charge in [0.05, 0.1) is 24.3 Å². The number of rotatable bonds is 1. The lowest BCUT2D eigenvalue weighted by Gasteiger charge is -2.33. The van der Waals surface area contributed by atoms with E-state index >= 15 is 0 Å². The fourth-order valence-electron chi connectivity index (χ4n) is 2.02. The third-order valence-corrected chi connectivity index (χ3v) is 2.94. The molecule has 16 heavy (non-hydrogen) atoms. The van der Waals surface area contributed by atoms with Gasteiger partial charge in [-0.25, -0.2) is 0 Å². The molecule has 0 amide bonds. The van der Waals surface area contributed by atoms with Crippen LogP contribution in [0.25, 0.3) is 0 Å². The van der Waals surface area contributed by atoms with E-state index in [1.807, 2.05) is 19.1 Å². The molecule has 1 saturated heterocycles. The van der Waals surface area contributed by atoms with Crippen molar-refractivity contribution in [3.8, 4) is 6.07 Å². The lowest BCUT2D eigenvalue weighted by molar-refractivity contribution is 0.0532. The zero-order valence-electron chi connectivity index (χ0n) is 9.73. The van der Waals surface area contributed by atoms with Crippen LogP contribution in [0.5, 0.6) is 0 Å². The van der Waals surface area contributed by atoms with E-state index in [1.54, 1.807) is 0 Å². The topological polar surface area (TPSA) is 36.3 Å². The summed E-state index contributed by atoms with van der Waals surface area (Å²) in [6, 6.07) is 8.18. The normalized spacial score (nSPS) is 20.6. The molecule has 0 bridgehead atoms. The molecule has 0 N–H and O–H groups in total. The van der Waals surface area contributed by atoms with Gasteiger partial charge in [-0.15, -0.1) is 0 Å². The number of hydrogen-bond donors (Lipinski definition) is 0. The minimum absolute atomic E-state index is 0.282. The molecule has 84 valence electrons. The Morgan fingerprint density at radius 3 is 2.94 bits per heavy atom. The van der Waals surface area contributed by atoms with Gasteiger partial charge in [0, 0.05) is 18.8 Å². The van der Waals surface area contributed by atoms with Crippen LogP contribution in [0.3, 0.4) is 0 Å². The molecule has 3 nitrogen and oxygen atoms in total. The molecule has 1 aliphatic heterocycles. The van der Waals surface area contributed by atoms with Gasteiger partial charge < -0.3 is 9.64 Å². The van der Waals surface area contributed by atoms with Crippen molar-refractivity contribution in [3.05, 3.63) is 29.3 Å². The molecule has 1 heterocycles. The summed E-state index contributed by atoms with van der Waals surface area (Å²) in [6.45, 7) is 6.69. The molecule has 1 fully saturated rings. The van der Waals surface area contributed by atoms with Crippen LogP contribution in [0.2, 0.25) is 0 Å². The first kappa shape index (κ1) is 11.0. The molecule has 0 saturated carbocycles. The highest BCUT2D eigenvalue weighted by Gasteiger charge is 2.17. The van der Waals surface area contributed by atoms with Gasteiger partial charge in [-0.05, 0) is 37.6 Å². The molecule has 1 unspecified atom stereocenters. The quantitative estimate of drug-likeness (QED) is 0.721. The molecule has 1 aliphatic rings. The van der Waals surface area contributed by atoms with E-state index in [4.69, 9.17) is 10.00 Å². The fourth-order valence-corrected chi connectivity index (χ4v) is 2.02. The highest BCUT2D eigenvalue weighted by molar-refractivity contribution is 5.53. The van der Waals surface area contributed by atoms with E-state index < -0.39 is 0 Å². The van der Waals surface area contributed by atoms with Crippen molar-refractivity contribution in [2.75, 3.05) is 24.6 Å². The Hall–Kier alpha value is -1.53. The number of aryl methyl sites for hydroxylation is 1. The Labute approximate surface area is 96.2 Å². The monoisotopic (exact) mass is 216 g/mol. The van der Waals surface area contributed by atoms with Gasteiger partial charge >= 0.3 is 0 Å². The van der Waals surface area contributed by atoms with Crippen molar-refractivity contribution in [2.24, 2.45) is 0 Å². The zero-order valence-corrected chi connectivity index (χ0v) is 9.73. The van der Waals surface area contributed by atoms with Gasteiger partial charge in [0.15, 0.2) is 0 Å². The molecule has 0 aromatic heterocycles. The van der Waals surface area contributed by atoms with Crippen LogP contribution >= 0.6 is 0 Å². The largest absolute Gasteiger partial charge is 0.375 e. The summed E-state index contributed by atoms with van der Waals surface area (Å²) in [7, 11) is 0. The first-order chi connectivity index (χ1) is 7.70. The van der Waals surface area contributed by atoms with Gasteiger partial charge in [0.1, 0.15) is 0 Å². The second-order valence-corrected chi connectivity index (χ2v) is 4.24. The van der Waals surface area contributed by atoms with E-state index in [0.29, 0.717) is 0 Å². The Morgan fingerprint density at radius 1 is 1.50 bits per heavy atom. The fraction of sp³-hybridized carbons (Fsp3) is 0.462. The van der Waals surface area contributed by atoms with Crippen LogP contribution < -0.4 is 4.90 Å². The summed E-state index contributed by atoms with van der Waals surface area (Å²) in [6.07, 6.45) is 0.282. The minimum atomic E-state index is 0.282. The van der Waals surface area contributed by atoms with Crippen molar-refractivity contribution in [3.63, 3.8) is 0 Å². The molecular weight excluding hydrogens is 200 g/mol. The number of nitriles is 1. The SMILES string of the molecule is Cc1cc(N2CCOC(C)C2)ccc1C#N. The average Bonchev–Trinajstić information content (AvgIpc) is 2.29. The standard InChI is InChI=1S/C13H16N2O/c1-10-7-13(4-3-12(10)8-14)15-5-6-16-11(2)9-15/h3-4,7,11H,5-6,9H2,1-2H3. The lowest BCUT2D eigenvalue weighted by atomic mass is 10.1. The molecule has 1 atom stereocenters. The number of morpholine rings is 1. The molecular formula is C13H16N2O. The molecule has 1 aromatic rings. The van der Waals surface area contributed by atoms with Crippen LogP contribution in [-0.2, 0) is 4.74 Å². The van der Waals surface area contributed by atoms with Gasteiger partial charge in [0.2, 0.25) is 0 Å². The minimum Gasteiger partial charge on any atom is -0.375 e. The maximum atomic E-state index is 8.88. The molecule has 3 heteroatoms. The van der Waals surface area contributed by atoms with Crippen LogP contribution in [0, 0.1) is 18.3 Å². The predicted octanol–water partition coefficient (Wildman–Crippen LogP) is 2.09. The number of nitrogens with zero attached hydrogens (tertiary/aromatic N) is 2. The van der Waals surface area contributed by atoms with E-state index in [9.17, 15) is 0 Å². The second-order valence-electron chi connectivity index (χ2n) is 4.24. The lowest BCUT2D eigenvalue weighted by Crippen LogP contribution is -2.41. The third-order valence-electron chi connectivity index (χ3n) is 2.94. The maximum Gasteiger partial charge on any atom is 0.0994 e. The van der Waals surface area contributed by atoms with E-state index in [0.717, 1.165) is 30.8 Å². The number of hydrogen-bond acceptors (Lipinski definition) is 3. The Kier molecular flexibility index (Phi) is 3.12. The molecule has 2 rings (SSSR count). The summed E-state index contributed by atoms with van der Waals surface area (Å²) in [5, 5.41) is 8.88. The Balaban J connectivity index is 2.21. The van der Waals surface area contributed by atoms with E-state index in [2.05, 4.69) is 24.0 Å². The summed E-state index contributed by atoms with van der Waals surface area (Å²) >= 11 is 0. The molecule has 0 aliphatic carbocycles. The maximum absolute atomic E-state index is 8.88. The number of anilines is 1. The Morgan fingerprint density at radius 2 is 2.31 bits per heavy atom. The summed E-state index contributed by atoms with van der Waals surface area (Å²) in [4.78, 5) is 2.31. The van der Waals surface area contributed by atoms with Crippen LogP contribution in [0.15, 0.2) is 18.2 Å². The highest BCUT2D eigenvalue weighted by atomic mass is 16.5. The van der Waals surface area contributed by atoms with Gasteiger partial charge in [-0.3, -0.25) is 0 Å². The van der Waals surface area contributed by atoms with Crippen molar-refractivity contribution >= 4 is 5.69 Å². The summed E-state index contributed by atoms with van der Waals surface area (Å²) in [5.41, 5.74) is 2.98. The zero-order chi connectivity index (χ0) is 11.5. The molecule has 0 spiro atoms. The van der Waals surface area contributed by atoms with Gasteiger partial charge in [0.25, 0.3) is 0 Å². The number of ether oxygens (including phenoxy) is 1. The van der Waals surface area contributed by atoms with E-state index in [-0.39, 0.29) is 6.10 Å². The Bertz CT molecular complexity index is 422. The van der Waals surface area contributed by atoms with Gasteiger partial charge in [-0.1, -0.05) is 0 Å². The van der Waals surface area contributed by atoms with Crippen molar-refractivity contribution in [1.82, 2.24) is 0 Å². The first-order valence-corrected chi connectivity index (χ1v) is 5.58. The van der Waals surface area contributed by atoms with Gasteiger partial charge in [-0.2, -0.15) is 5.26 Å². The first-order valence-electron chi connectivity index (χ1n) is 5.58. The average molecular weight is 216 g/mol. The molecule has 1 aromatic carbocycles. The summed E-state index contributed by atoms with van der Waals surface area (Å²) in [5.74, 6) is 0. The van der Waals surface area contributed by atoms with Crippen LogP contribution in [-0.4, -0.2) is 25.8 Å².